The van der Waals surface area contributed by atoms with Gasteiger partial charge in [0.05, 0.1) is 35.3 Å². The Labute approximate surface area is 259 Å². The van der Waals surface area contributed by atoms with Crippen molar-refractivity contribution >= 4 is 11.7 Å². The van der Waals surface area contributed by atoms with Crippen molar-refractivity contribution < 1.29 is 13.9 Å². The molecule has 3 fully saturated rings. The summed E-state index contributed by atoms with van der Waals surface area (Å²) in [6.07, 6.45) is 7.21. The van der Waals surface area contributed by atoms with Crippen LogP contribution < -0.4 is 9.64 Å². The number of carbonyl (C=O) groups excluding carboxylic acids is 1. The molecule has 44 heavy (non-hydrogen) atoms. The van der Waals surface area contributed by atoms with Crippen LogP contribution >= 0.6 is 0 Å². The molecule has 5 aliphatic rings. The molecule has 1 amide bonds. The summed E-state index contributed by atoms with van der Waals surface area (Å²) in [7, 11) is 2.21. The fraction of sp³-hybridized carbons (Fsp3) is 0.588. The second-order valence-corrected chi connectivity index (χ2v) is 13.4. The quantitative estimate of drug-likeness (QED) is 0.464. The minimum absolute atomic E-state index is 0.153. The van der Waals surface area contributed by atoms with E-state index in [1.54, 1.807) is 4.90 Å². The number of aromatic nitrogens is 2. The first-order valence-electron chi connectivity index (χ1n) is 16.1. The molecule has 232 valence electrons. The molecule has 0 radical (unpaired) electrons. The van der Waals surface area contributed by atoms with E-state index in [0.717, 1.165) is 62.1 Å². The molecule has 5 heterocycles. The molecule has 4 atom stereocenters. The predicted molar refractivity (Wildman–Crippen MR) is 165 cm³/mol. The van der Waals surface area contributed by atoms with E-state index < -0.39 is 6.17 Å². The normalized spacial score (nSPS) is 30.0. The molecule has 4 aliphatic heterocycles. The number of nitrogens with zero attached hydrogens (tertiary/aromatic N) is 7. The van der Waals surface area contributed by atoms with E-state index in [9.17, 15) is 14.4 Å². The van der Waals surface area contributed by atoms with Crippen LogP contribution in [0.5, 0.6) is 6.01 Å². The van der Waals surface area contributed by atoms with Crippen LogP contribution in [-0.2, 0) is 29.7 Å². The molecule has 0 saturated carbocycles. The molecule has 1 spiro atoms. The Hall–Kier alpha value is -3.55. The summed E-state index contributed by atoms with van der Waals surface area (Å²) in [6.45, 7) is 7.67. The van der Waals surface area contributed by atoms with E-state index in [0.29, 0.717) is 51.8 Å². The molecule has 3 saturated heterocycles. The largest absolute Gasteiger partial charge is 0.461 e. The molecule has 0 N–H and O–H groups in total. The molecule has 0 bridgehead atoms. The molecular weight excluding hydrogens is 557 g/mol. The number of hydrogen-bond donors (Lipinski definition) is 0. The number of rotatable bonds is 6. The number of ether oxygens (including phenoxy) is 1. The summed E-state index contributed by atoms with van der Waals surface area (Å²) in [4.78, 5) is 31.4. The van der Waals surface area contributed by atoms with E-state index in [4.69, 9.17) is 14.7 Å². The number of aryl methyl sites for hydroxylation is 1. The molecule has 1 aromatic heterocycles. The van der Waals surface area contributed by atoms with E-state index in [1.807, 2.05) is 0 Å². The first-order valence-corrected chi connectivity index (χ1v) is 16.1. The zero-order chi connectivity index (χ0) is 30.5. The standard InChI is InChI=1S/C34H42FN7O2/c1-3-30(43)42-17-16-40(21-26(42)11-14-36)31-27-22-39(2)34(13-6-9-24-8-4-5-10-28(24)34)19-29(27)37-32(38-31)44-23-33-12-7-15-41(33)20-25(35)18-33/h3-5,8,10,25-26H,1,6-7,9,11-13,15-23H2,2H3/t25-,26+,33+,34+/m1/s1. The van der Waals surface area contributed by atoms with Crippen molar-refractivity contribution in [2.45, 2.75) is 81.2 Å². The summed E-state index contributed by atoms with van der Waals surface area (Å²) in [5, 5.41) is 9.59. The lowest BCUT2D eigenvalue weighted by molar-refractivity contribution is -0.128. The number of hydrogen-bond acceptors (Lipinski definition) is 8. The number of benzene rings is 1. The highest BCUT2D eigenvalue weighted by Crippen LogP contribution is 2.47. The number of likely N-dealkylation sites (N-methyl/N-ethyl adjacent to an activating group) is 1. The molecule has 1 aliphatic carbocycles. The average Bonchev–Trinajstić information content (AvgIpc) is 3.56. The van der Waals surface area contributed by atoms with Crippen LogP contribution in [0.2, 0.25) is 0 Å². The molecule has 2 aromatic rings. The Kier molecular flexibility index (Phi) is 7.58. The van der Waals surface area contributed by atoms with Crippen molar-refractivity contribution in [3.63, 3.8) is 0 Å². The topological polar surface area (TPSA) is 88.8 Å². The van der Waals surface area contributed by atoms with E-state index in [2.05, 4.69) is 58.7 Å². The molecule has 10 heteroatoms. The number of alkyl halides is 1. The van der Waals surface area contributed by atoms with Gasteiger partial charge in [0.15, 0.2) is 0 Å². The van der Waals surface area contributed by atoms with E-state index >= 15 is 0 Å². The number of carbonyl (C=O) groups is 1. The van der Waals surface area contributed by atoms with Crippen molar-refractivity contribution in [2.24, 2.45) is 0 Å². The van der Waals surface area contributed by atoms with Gasteiger partial charge in [-0.3, -0.25) is 14.6 Å². The van der Waals surface area contributed by atoms with Crippen LogP contribution in [0.1, 0.15) is 60.9 Å². The Morgan fingerprint density at radius 3 is 2.91 bits per heavy atom. The third-order valence-electron chi connectivity index (χ3n) is 11.0. The Morgan fingerprint density at radius 1 is 1.20 bits per heavy atom. The van der Waals surface area contributed by atoms with Gasteiger partial charge in [0, 0.05) is 51.1 Å². The number of amides is 1. The monoisotopic (exact) mass is 599 g/mol. The highest BCUT2D eigenvalue weighted by molar-refractivity contribution is 5.87. The van der Waals surface area contributed by atoms with Crippen molar-refractivity contribution in [1.29, 1.82) is 5.26 Å². The lowest BCUT2D eigenvalue weighted by Gasteiger charge is -2.50. The molecular formula is C34H42FN7O2. The number of fused-ring (bicyclic) bond motifs is 4. The molecule has 9 nitrogen and oxygen atoms in total. The fourth-order valence-electron chi connectivity index (χ4n) is 8.79. The minimum Gasteiger partial charge on any atom is -0.461 e. The summed E-state index contributed by atoms with van der Waals surface area (Å²) < 4.78 is 21.0. The maximum atomic E-state index is 14.5. The predicted octanol–water partition coefficient (Wildman–Crippen LogP) is 3.77. The molecule has 7 rings (SSSR count). The first kappa shape index (κ1) is 29.2. The van der Waals surface area contributed by atoms with Crippen LogP contribution in [0.15, 0.2) is 36.9 Å². The summed E-state index contributed by atoms with van der Waals surface area (Å²) in [6, 6.07) is 11.1. The first-order chi connectivity index (χ1) is 21.4. The van der Waals surface area contributed by atoms with Crippen LogP contribution in [0.4, 0.5) is 10.2 Å². The van der Waals surface area contributed by atoms with Gasteiger partial charge in [-0.1, -0.05) is 30.8 Å². The van der Waals surface area contributed by atoms with Gasteiger partial charge in [-0.2, -0.15) is 15.2 Å². The van der Waals surface area contributed by atoms with Crippen LogP contribution in [-0.4, -0.2) is 94.7 Å². The van der Waals surface area contributed by atoms with Crippen molar-refractivity contribution in [1.82, 2.24) is 24.7 Å². The Balaban J connectivity index is 1.26. The number of halogens is 1. The van der Waals surface area contributed by atoms with Gasteiger partial charge in [-0.15, -0.1) is 0 Å². The third kappa shape index (κ3) is 4.85. The van der Waals surface area contributed by atoms with Gasteiger partial charge in [-0.25, -0.2) is 4.39 Å². The van der Waals surface area contributed by atoms with E-state index in [-0.39, 0.29) is 29.4 Å². The molecule has 1 aromatic carbocycles. The van der Waals surface area contributed by atoms with Gasteiger partial charge in [-0.05, 0) is 62.9 Å². The van der Waals surface area contributed by atoms with Gasteiger partial charge in [0.25, 0.3) is 0 Å². The minimum atomic E-state index is -0.827. The van der Waals surface area contributed by atoms with Crippen molar-refractivity contribution in [3.05, 3.63) is 59.3 Å². The Bertz CT molecular complexity index is 1490. The van der Waals surface area contributed by atoms with Gasteiger partial charge in [0.1, 0.15) is 18.6 Å². The summed E-state index contributed by atoms with van der Waals surface area (Å²) >= 11 is 0. The summed E-state index contributed by atoms with van der Waals surface area (Å²) in [5.41, 5.74) is 4.42. The maximum absolute atomic E-state index is 14.5. The second-order valence-electron chi connectivity index (χ2n) is 13.4. The summed E-state index contributed by atoms with van der Waals surface area (Å²) in [5.74, 6) is 0.666. The van der Waals surface area contributed by atoms with Crippen LogP contribution in [0.3, 0.4) is 0 Å². The lowest BCUT2D eigenvalue weighted by Crippen LogP contribution is -2.56. The van der Waals surface area contributed by atoms with Crippen LogP contribution in [0, 0.1) is 11.3 Å². The highest BCUT2D eigenvalue weighted by atomic mass is 19.1. The van der Waals surface area contributed by atoms with E-state index in [1.165, 1.54) is 17.2 Å². The number of anilines is 1. The molecule has 0 unspecified atom stereocenters. The zero-order valence-corrected chi connectivity index (χ0v) is 25.7. The van der Waals surface area contributed by atoms with Crippen molar-refractivity contribution in [2.75, 3.05) is 51.3 Å². The SMILES string of the molecule is C=CC(=O)N1CCN(c2nc(OC[C@@]34CCCN3C[C@H](F)C4)nc3c2CN(C)[C@@]2(CCCc4ccccc42)C3)C[C@@H]1CC#N. The van der Waals surface area contributed by atoms with Crippen molar-refractivity contribution in [3.8, 4) is 12.1 Å². The lowest BCUT2D eigenvalue weighted by atomic mass is 9.71. The number of piperazine rings is 1. The highest BCUT2D eigenvalue weighted by Gasteiger charge is 2.50. The van der Waals surface area contributed by atoms with Gasteiger partial charge >= 0.3 is 6.01 Å². The Morgan fingerprint density at radius 2 is 2.07 bits per heavy atom. The maximum Gasteiger partial charge on any atom is 0.318 e. The van der Waals surface area contributed by atoms with Gasteiger partial charge < -0.3 is 14.5 Å². The average molecular weight is 600 g/mol. The van der Waals surface area contributed by atoms with Crippen LogP contribution in [0.25, 0.3) is 0 Å². The smallest absolute Gasteiger partial charge is 0.318 e. The van der Waals surface area contributed by atoms with Gasteiger partial charge in [0.2, 0.25) is 5.91 Å². The second kappa shape index (κ2) is 11.4. The fourth-order valence-corrected chi connectivity index (χ4v) is 8.79. The number of nitriles is 1. The zero-order valence-electron chi connectivity index (χ0n) is 25.7. The third-order valence-corrected chi connectivity index (χ3v) is 11.0.